The highest BCUT2D eigenvalue weighted by Crippen LogP contribution is 2.26. The normalized spacial score (nSPS) is 14.6. The van der Waals surface area contributed by atoms with Crippen molar-refractivity contribution in [1.82, 2.24) is 14.7 Å². The van der Waals surface area contributed by atoms with Crippen LogP contribution in [0.3, 0.4) is 0 Å². The van der Waals surface area contributed by atoms with Gasteiger partial charge in [0.1, 0.15) is 0 Å². The fraction of sp³-hybridized carbons (Fsp3) is 0.308. The first-order valence-corrected chi connectivity index (χ1v) is 7.98. The zero-order valence-corrected chi connectivity index (χ0v) is 11.7. The van der Waals surface area contributed by atoms with Gasteiger partial charge in [0.2, 0.25) is 0 Å². The lowest BCUT2D eigenvalue weighted by atomic mass is 9.99. The third kappa shape index (κ3) is 2.54. The second kappa shape index (κ2) is 5.26. The SMILES string of the molecule is O=S(=O)(NCc1cccc2c1NCCC2)c1cnc[nH]1. The Morgan fingerprint density at radius 3 is 3.05 bits per heavy atom. The van der Waals surface area contributed by atoms with E-state index >= 15 is 0 Å². The van der Waals surface area contributed by atoms with Crippen LogP contribution in [0.25, 0.3) is 0 Å². The third-order valence-corrected chi connectivity index (χ3v) is 4.70. The van der Waals surface area contributed by atoms with Gasteiger partial charge >= 0.3 is 0 Å². The summed E-state index contributed by atoms with van der Waals surface area (Å²) in [6.07, 6.45) is 4.78. The monoisotopic (exact) mass is 292 g/mol. The summed E-state index contributed by atoms with van der Waals surface area (Å²) in [6.45, 7) is 1.19. The highest BCUT2D eigenvalue weighted by Gasteiger charge is 2.17. The molecule has 1 aromatic carbocycles. The van der Waals surface area contributed by atoms with Crippen LogP contribution >= 0.6 is 0 Å². The van der Waals surface area contributed by atoms with Crippen molar-refractivity contribution in [3.8, 4) is 0 Å². The number of hydrogen-bond donors (Lipinski definition) is 3. The van der Waals surface area contributed by atoms with Crippen molar-refractivity contribution in [3.05, 3.63) is 41.9 Å². The Balaban J connectivity index is 1.79. The first-order chi connectivity index (χ1) is 9.67. The molecule has 0 bridgehead atoms. The number of aromatic amines is 1. The van der Waals surface area contributed by atoms with Crippen LogP contribution in [0.2, 0.25) is 0 Å². The van der Waals surface area contributed by atoms with Gasteiger partial charge in [-0.15, -0.1) is 0 Å². The molecule has 2 aromatic rings. The number of aromatic nitrogens is 2. The molecular weight excluding hydrogens is 276 g/mol. The van der Waals surface area contributed by atoms with E-state index in [1.807, 2.05) is 12.1 Å². The number of rotatable bonds is 4. The topological polar surface area (TPSA) is 86.9 Å². The molecule has 0 saturated heterocycles. The Morgan fingerprint density at radius 2 is 2.25 bits per heavy atom. The molecule has 106 valence electrons. The van der Waals surface area contributed by atoms with Gasteiger partial charge in [-0.05, 0) is 24.0 Å². The molecule has 3 N–H and O–H groups in total. The van der Waals surface area contributed by atoms with Gasteiger partial charge in [-0.25, -0.2) is 18.1 Å². The van der Waals surface area contributed by atoms with Gasteiger partial charge < -0.3 is 10.3 Å². The summed E-state index contributed by atoms with van der Waals surface area (Å²) in [6, 6.07) is 5.98. The molecule has 1 aliphatic heterocycles. The lowest BCUT2D eigenvalue weighted by molar-refractivity contribution is 0.578. The molecule has 1 aliphatic rings. The zero-order valence-electron chi connectivity index (χ0n) is 10.9. The molecule has 7 heteroatoms. The van der Waals surface area contributed by atoms with Crippen molar-refractivity contribution in [3.63, 3.8) is 0 Å². The van der Waals surface area contributed by atoms with E-state index < -0.39 is 10.0 Å². The van der Waals surface area contributed by atoms with Crippen molar-refractivity contribution in [2.45, 2.75) is 24.4 Å². The van der Waals surface area contributed by atoms with Crippen molar-refractivity contribution in [2.75, 3.05) is 11.9 Å². The molecule has 0 fully saturated rings. The van der Waals surface area contributed by atoms with Gasteiger partial charge in [-0.1, -0.05) is 18.2 Å². The number of hydrogen-bond acceptors (Lipinski definition) is 4. The van der Waals surface area contributed by atoms with Crippen LogP contribution in [0.4, 0.5) is 5.69 Å². The summed E-state index contributed by atoms with van der Waals surface area (Å²) >= 11 is 0. The zero-order chi connectivity index (χ0) is 14.0. The molecule has 0 saturated carbocycles. The first kappa shape index (κ1) is 13.1. The number of imidazole rings is 1. The van der Waals surface area contributed by atoms with Gasteiger partial charge in [-0.2, -0.15) is 0 Å². The van der Waals surface area contributed by atoms with E-state index in [0.717, 1.165) is 30.6 Å². The van der Waals surface area contributed by atoms with Crippen LogP contribution in [0, 0.1) is 0 Å². The summed E-state index contributed by atoms with van der Waals surface area (Å²) < 4.78 is 26.7. The lowest BCUT2D eigenvalue weighted by Crippen LogP contribution is -2.25. The maximum atomic E-state index is 12.0. The molecule has 6 nitrogen and oxygen atoms in total. The van der Waals surface area contributed by atoms with E-state index in [1.165, 1.54) is 18.1 Å². The predicted molar refractivity (Wildman–Crippen MR) is 75.9 cm³/mol. The van der Waals surface area contributed by atoms with Gasteiger partial charge in [-0.3, -0.25) is 0 Å². The van der Waals surface area contributed by atoms with Crippen LogP contribution in [0.1, 0.15) is 17.5 Å². The van der Waals surface area contributed by atoms with E-state index in [-0.39, 0.29) is 11.6 Å². The smallest absolute Gasteiger partial charge is 0.257 e. The van der Waals surface area contributed by atoms with E-state index in [0.29, 0.717) is 0 Å². The maximum absolute atomic E-state index is 12.0. The highest BCUT2D eigenvalue weighted by atomic mass is 32.2. The lowest BCUT2D eigenvalue weighted by Gasteiger charge is -2.21. The summed E-state index contributed by atoms with van der Waals surface area (Å²) in [7, 11) is -3.54. The van der Waals surface area contributed by atoms with Crippen LogP contribution in [0.5, 0.6) is 0 Å². The quantitative estimate of drug-likeness (QED) is 0.791. The summed E-state index contributed by atoms with van der Waals surface area (Å²) in [5.74, 6) is 0. The predicted octanol–water partition coefficient (Wildman–Crippen LogP) is 1.25. The number of benzene rings is 1. The van der Waals surface area contributed by atoms with E-state index in [9.17, 15) is 8.42 Å². The molecule has 0 atom stereocenters. The first-order valence-electron chi connectivity index (χ1n) is 6.49. The van der Waals surface area contributed by atoms with Gasteiger partial charge in [0.05, 0.1) is 12.5 Å². The average Bonchev–Trinajstić information content (AvgIpc) is 3.00. The van der Waals surface area contributed by atoms with Crippen molar-refractivity contribution in [2.24, 2.45) is 0 Å². The Bertz CT molecular complexity index is 695. The second-order valence-electron chi connectivity index (χ2n) is 4.72. The van der Waals surface area contributed by atoms with Gasteiger partial charge in [0.15, 0.2) is 5.03 Å². The van der Waals surface area contributed by atoms with Crippen LogP contribution in [-0.4, -0.2) is 24.9 Å². The number of H-pyrrole nitrogens is 1. The Morgan fingerprint density at radius 1 is 1.35 bits per heavy atom. The van der Waals surface area contributed by atoms with E-state index in [4.69, 9.17) is 0 Å². The van der Waals surface area contributed by atoms with Crippen molar-refractivity contribution < 1.29 is 8.42 Å². The summed E-state index contributed by atoms with van der Waals surface area (Å²) in [4.78, 5) is 6.33. The summed E-state index contributed by atoms with van der Waals surface area (Å²) in [5.41, 5.74) is 3.27. The highest BCUT2D eigenvalue weighted by molar-refractivity contribution is 7.89. The van der Waals surface area contributed by atoms with Crippen LogP contribution in [-0.2, 0) is 23.0 Å². The van der Waals surface area contributed by atoms with Gasteiger partial charge in [0, 0.05) is 18.8 Å². The largest absolute Gasteiger partial charge is 0.385 e. The number of sulfonamides is 1. The number of nitrogens with one attached hydrogen (secondary N) is 3. The third-order valence-electron chi connectivity index (χ3n) is 3.38. The molecule has 0 radical (unpaired) electrons. The molecule has 0 spiro atoms. The minimum absolute atomic E-state index is 0.0789. The Kier molecular flexibility index (Phi) is 3.45. The molecule has 20 heavy (non-hydrogen) atoms. The number of aryl methyl sites for hydroxylation is 1. The molecule has 2 heterocycles. The number of nitrogens with zero attached hydrogens (tertiary/aromatic N) is 1. The van der Waals surface area contributed by atoms with Crippen molar-refractivity contribution in [1.29, 1.82) is 0 Å². The maximum Gasteiger partial charge on any atom is 0.257 e. The number of anilines is 1. The molecule has 0 aliphatic carbocycles. The average molecular weight is 292 g/mol. The molecule has 0 amide bonds. The molecule has 3 rings (SSSR count). The van der Waals surface area contributed by atoms with Crippen molar-refractivity contribution >= 4 is 15.7 Å². The molecular formula is C13H16N4O2S. The minimum Gasteiger partial charge on any atom is -0.385 e. The second-order valence-corrected chi connectivity index (χ2v) is 6.46. The number of para-hydroxylation sites is 1. The Labute approximate surface area is 117 Å². The fourth-order valence-electron chi connectivity index (χ4n) is 2.37. The van der Waals surface area contributed by atoms with Crippen LogP contribution in [0.15, 0.2) is 35.7 Å². The molecule has 0 unspecified atom stereocenters. The van der Waals surface area contributed by atoms with E-state index in [1.54, 1.807) is 0 Å². The Hall–Kier alpha value is -1.86. The standard InChI is InChI=1S/C13H16N4O2S/c18-20(19,12-8-14-9-16-12)17-7-11-4-1-3-10-5-2-6-15-13(10)11/h1,3-4,8-9,15,17H,2,5-7H2,(H,14,16). The minimum atomic E-state index is -3.54. The van der Waals surface area contributed by atoms with E-state index in [2.05, 4.69) is 26.1 Å². The summed E-state index contributed by atoms with van der Waals surface area (Å²) in [5, 5.41) is 3.43. The molecule has 1 aromatic heterocycles. The van der Waals surface area contributed by atoms with Crippen LogP contribution < -0.4 is 10.0 Å². The fourth-order valence-corrected chi connectivity index (χ4v) is 3.28. The van der Waals surface area contributed by atoms with Gasteiger partial charge in [0.25, 0.3) is 10.0 Å². The number of fused-ring (bicyclic) bond motifs is 1.